The molecule has 0 spiro atoms. The smallest absolute Gasteiger partial charge is 0.255 e. The van der Waals surface area contributed by atoms with E-state index in [-0.39, 0.29) is 5.91 Å². The molecule has 5 rings (SSSR count). The van der Waals surface area contributed by atoms with Crippen LogP contribution in [0.3, 0.4) is 0 Å². The van der Waals surface area contributed by atoms with Crippen LogP contribution in [0.2, 0.25) is 0 Å². The van der Waals surface area contributed by atoms with E-state index in [1.807, 2.05) is 104 Å². The van der Waals surface area contributed by atoms with Crippen molar-refractivity contribution >= 4 is 23.4 Å². The maximum atomic E-state index is 12.7. The first kappa shape index (κ1) is 22.6. The van der Waals surface area contributed by atoms with Crippen LogP contribution in [0.15, 0.2) is 114 Å². The normalized spacial score (nSPS) is 10.8. The first-order valence-corrected chi connectivity index (χ1v) is 12.3. The minimum Gasteiger partial charge on any atom is -0.322 e. The molecule has 1 amide bonds. The lowest BCUT2D eigenvalue weighted by molar-refractivity contribution is 0.102. The van der Waals surface area contributed by atoms with Gasteiger partial charge in [-0.2, -0.15) is 0 Å². The number of amides is 1. The molecule has 4 aromatic carbocycles. The largest absolute Gasteiger partial charge is 0.322 e. The van der Waals surface area contributed by atoms with E-state index in [2.05, 4.69) is 32.2 Å². The number of aromatic nitrogens is 3. The highest BCUT2D eigenvalue weighted by Gasteiger charge is 2.16. The third-order valence-corrected chi connectivity index (χ3v) is 6.66. The Morgan fingerprint density at radius 3 is 2.17 bits per heavy atom. The molecule has 0 bridgehead atoms. The number of aryl methyl sites for hydroxylation is 1. The van der Waals surface area contributed by atoms with Crippen LogP contribution < -0.4 is 5.32 Å². The number of nitrogens with one attached hydrogen (secondary N) is 1. The van der Waals surface area contributed by atoms with E-state index >= 15 is 0 Å². The molecule has 0 fully saturated rings. The molecule has 0 saturated heterocycles. The molecule has 0 aliphatic rings. The van der Waals surface area contributed by atoms with E-state index in [1.54, 1.807) is 11.8 Å². The Kier molecular flexibility index (Phi) is 6.73. The summed E-state index contributed by atoms with van der Waals surface area (Å²) in [7, 11) is 0. The van der Waals surface area contributed by atoms with Crippen LogP contribution in [0.4, 0.5) is 5.69 Å². The van der Waals surface area contributed by atoms with Crippen molar-refractivity contribution < 1.29 is 4.79 Å². The topological polar surface area (TPSA) is 59.8 Å². The maximum absolute atomic E-state index is 12.7. The molecular weight excluding hydrogens is 452 g/mol. The summed E-state index contributed by atoms with van der Waals surface area (Å²) in [5.41, 5.74) is 5.62. The second-order valence-corrected chi connectivity index (χ2v) is 9.04. The third kappa shape index (κ3) is 5.18. The maximum Gasteiger partial charge on any atom is 0.255 e. The number of rotatable bonds is 7. The number of carbonyl (C=O) groups excluding carboxylic acids is 1. The lowest BCUT2D eigenvalue weighted by atomic mass is 10.1. The van der Waals surface area contributed by atoms with E-state index in [9.17, 15) is 4.79 Å². The molecule has 6 heteroatoms. The average molecular weight is 477 g/mol. The number of hydrogen-bond acceptors (Lipinski definition) is 4. The summed E-state index contributed by atoms with van der Waals surface area (Å²) in [4.78, 5) is 12.7. The van der Waals surface area contributed by atoms with Crippen LogP contribution in [-0.2, 0) is 5.75 Å². The molecule has 1 heterocycles. The number of nitrogens with zero attached hydrogens (tertiary/aromatic N) is 3. The molecule has 0 aliphatic carbocycles. The number of anilines is 1. The van der Waals surface area contributed by atoms with Gasteiger partial charge in [0.25, 0.3) is 5.91 Å². The molecule has 172 valence electrons. The van der Waals surface area contributed by atoms with Crippen molar-refractivity contribution in [2.75, 3.05) is 5.32 Å². The lowest BCUT2D eigenvalue weighted by Gasteiger charge is -2.11. The standard InChI is InChI=1S/C29H24N4OS/c1-21-10-8-9-15-26(21)30-28(34)24-18-16-22(17-19-24)20-35-29-32-31-27(23-11-4-2-5-12-23)33(29)25-13-6-3-7-14-25/h2-19H,20H2,1H3,(H,30,34). The summed E-state index contributed by atoms with van der Waals surface area (Å²) >= 11 is 1.62. The highest BCUT2D eigenvalue weighted by Crippen LogP contribution is 2.29. The van der Waals surface area contributed by atoms with Crippen molar-refractivity contribution in [1.29, 1.82) is 0 Å². The van der Waals surface area contributed by atoms with Gasteiger partial charge in [0.15, 0.2) is 11.0 Å². The summed E-state index contributed by atoms with van der Waals surface area (Å²) in [6.45, 7) is 1.98. The van der Waals surface area contributed by atoms with Gasteiger partial charge in [-0.1, -0.05) is 90.6 Å². The zero-order valence-corrected chi connectivity index (χ0v) is 20.1. The van der Waals surface area contributed by atoms with Gasteiger partial charge in [-0.15, -0.1) is 10.2 Å². The Bertz CT molecular complexity index is 1430. The molecular formula is C29H24N4OS. The zero-order valence-electron chi connectivity index (χ0n) is 19.3. The van der Waals surface area contributed by atoms with Crippen molar-refractivity contribution in [3.05, 3.63) is 126 Å². The molecule has 0 saturated carbocycles. The van der Waals surface area contributed by atoms with Gasteiger partial charge >= 0.3 is 0 Å². The molecule has 5 nitrogen and oxygen atoms in total. The quantitative estimate of drug-likeness (QED) is 0.263. The number of hydrogen-bond donors (Lipinski definition) is 1. The Balaban J connectivity index is 1.33. The Morgan fingerprint density at radius 1 is 0.800 bits per heavy atom. The van der Waals surface area contributed by atoms with Crippen molar-refractivity contribution in [3.8, 4) is 17.1 Å². The molecule has 0 unspecified atom stereocenters. The fourth-order valence-electron chi connectivity index (χ4n) is 3.76. The third-order valence-electron chi connectivity index (χ3n) is 5.66. The van der Waals surface area contributed by atoms with Crippen molar-refractivity contribution in [2.45, 2.75) is 17.8 Å². The first-order chi connectivity index (χ1) is 17.2. The monoisotopic (exact) mass is 476 g/mol. The van der Waals surface area contributed by atoms with Crippen molar-refractivity contribution in [1.82, 2.24) is 14.8 Å². The van der Waals surface area contributed by atoms with Crippen molar-refractivity contribution in [2.24, 2.45) is 0 Å². The van der Waals surface area contributed by atoms with E-state index < -0.39 is 0 Å². The summed E-state index contributed by atoms with van der Waals surface area (Å²) < 4.78 is 2.09. The SMILES string of the molecule is Cc1ccccc1NC(=O)c1ccc(CSc2nnc(-c3ccccc3)n2-c2ccccc2)cc1. The van der Waals surface area contributed by atoms with Crippen molar-refractivity contribution in [3.63, 3.8) is 0 Å². The van der Waals surface area contributed by atoms with Gasteiger partial charge in [0.2, 0.25) is 0 Å². The number of para-hydroxylation sites is 2. The Hall–Kier alpha value is -4.16. The summed E-state index contributed by atoms with van der Waals surface area (Å²) in [6.07, 6.45) is 0. The van der Waals surface area contributed by atoms with E-state index in [1.165, 1.54) is 0 Å². The lowest BCUT2D eigenvalue weighted by Crippen LogP contribution is -2.12. The van der Waals surface area contributed by atoms with Crippen LogP contribution in [0.5, 0.6) is 0 Å². The van der Waals surface area contributed by atoms with Crippen LogP contribution in [0.25, 0.3) is 17.1 Å². The first-order valence-electron chi connectivity index (χ1n) is 11.3. The molecule has 5 aromatic rings. The van der Waals surface area contributed by atoms with Gasteiger partial charge in [0.05, 0.1) is 0 Å². The number of carbonyl (C=O) groups is 1. The van der Waals surface area contributed by atoms with Crippen LogP contribution in [0, 0.1) is 6.92 Å². The second kappa shape index (κ2) is 10.4. The highest BCUT2D eigenvalue weighted by molar-refractivity contribution is 7.98. The summed E-state index contributed by atoms with van der Waals surface area (Å²) in [5.74, 6) is 1.40. The molecule has 1 aromatic heterocycles. The number of thioether (sulfide) groups is 1. The number of benzene rings is 4. The van der Waals surface area contributed by atoms with Crippen LogP contribution in [-0.4, -0.2) is 20.7 Å². The average Bonchev–Trinajstić information content (AvgIpc) is 3.34. The molecule has 0 atom stereocenters. The fraction of sp³-hybridized carbons (Fsp3) is 0.0690. The predicted octanol–water partition coefficient (Wildman–Crippen LogP) is 6.79. The Morgan fingerprint density at radius 2 is 1.46 bits per heavy atom. The molecule has 35 heavy (non-hydrogen) atoms. The summed E-state index contributed by atoms with van der Waals surface area (Å²) in [6, 6.07) is 35.7. The zero-order chi connectivity index (χ0) is 24.0. The predicted molar refractivity (Wildman–Crippen MR) is 142 cm³/mol. The van der Waals surface area contributed by atoms with Gasteiger partial charge in [-0.3, -0.25) is 9.36 Å². The van der Waals surface area contributed by atoms with Gasteiger partial charge in [-0.05, 0) is 48.4 Å². The Labute approximate surface area is 208 Å². The highest BCUT2D eigenvalue weighted by atomic mass is 32.2. The van der Waals surface area contributed by atoms with Crippen LogP contribution >= 0.6 is 11.8 Å². The van der Waals surface area contributed by atoms with Crippen LogP contribution in [0.1, 0.15) is 21.5 Å². The van der Waals surface area contributed by atoms with Gasteiger partial charge in [-0.25, -0.2) is 0 Å². The van der Waals surface area contributed by atoms with E-state index in [0.717, 1.165) is 39.0 Å². The van der Waals surface area contributed by atoms with Gasteiger partial charge < -0.3 is 5.32 Å². The summed E-state index contributed by atoms with van der Waals surface area (Å²) in [5, 5.41) is 12.8. The minimum atomic E-state index is -0.116. The van der Waals surface area contributed by atoms with Gasteiger partial charge in [0, 0.05) is 28.3 Å². The minimum absolute atomic E-state index is 0.116. The van der Waals surface area contributed by atoms with E-state index in [4.69, 9.17) is 0 Å². The molecule has 0 radical (unpaired) electrons. The molecule has 1 N–H and O–H groups in total. The van der Waals surface area contributed by atoms with E-state index in [0.29, 0.717) is 11.3 Å². The second-order valence-electron chi connectivity index (χ2n) is 8.10. The van der Waals surface area contributed by atoms with Gasteiger partial charge in [0.1, 0.15) is 0 Å². The fourth-order valence-corrected chi connectivity index (χ4v) is 4.66. The molecule has 0 aliphatic heterocycles.